The van der Waals surface area contributed by atoms with Gasteiger partial charge in [0.05, 0.1) is 19.1 Å². The van der Waals surface area contributed by atoms with Crippen LogP contribution in [0.15, 0.2) is 41.3 Å². The number of carbonyl (C=O) groups excluding carboxylic acids is 3. The van der Waals surface area contributed by atoms with E-state index in [0.717, 1.165) is 40.9 Å². The van der Waals surface area contributed by atoms with Crippen LogP contribution >= 0.6 is 11.8 Å². The van der Waals surface area contributed by atoms with Crippen LogP contribution in [0.3, 0.4) is 0 Å². The normalized spacial score (nSPS) is 19.7. The van der Waals surface area contributed by atoms with Crippen LogP contribution < -0.4 is 19.7 Å². The summed E-state index contributed by atoms with van der Waals surface area (Å²) in [7, 11) is 3.16. The molecule has 8 nitrogen and oxygen atoms in total. The van der Waals surface area contributed by atoms with Crippen LogP contribution in [0.4, 0.5) is 16.2 Å². The Morgan fingerprint density at radius 2 is 1.86 bits per heavy atom. The lowest BCUT2D eigenvalue weighted by molar-refractivity contribution is -0.127. The summed E-state index contributed by atoms with van der Waals surface area (Å²) >= 11 is 0.828. The van der Waals surface area contributed by atoms with Crippen LogP contribution in [-0.4, -0.2) is 54.8 Å². The Morgan fingerprint density at radius 3 is 2.49 bits per heavy atom. The molecule has 0 spiro atoms. The lowest BCUT2D eigenvalue weighted by Crippen LogP contribution is -2.48. The summed E-state index contributed by atoms with van der Waals surface area (Å²) in [5, 5.41) is 2.22. The summed E-state index contributed by atoms with van der Waals surface area (Å²) in [6.07, 6.45) is 2.69. The maximum Gasteiger partial charge on any atom is 0.294 e. The number of nitrogens with one attached hydrogen (secondary N) is 1. The lowest BCUT2D eigenvalue weighted by atomic mass is 9.79. The Balaban J connectivity index is 1.56. The molecule has 0 aromatic heterocycles. The Kier molecular flexibility index (Phi) is 7.54. The van der Waals surface area contributed by atoms with Gasteiger partial charge in [0, 0.05) is 35.1 Å². The van der Waals surface area contributed by atoms with Gasteiger partial charge in [-0.3, -0.25) is 19.3 Å². The summed E-state index contributed by atoms with van der Waals surface area (Å²) < 4.78 is 10.8. The van der Waals surface area contributed by atoms with E-state index in [9.17, 15) is 14.4 Å². The van der Waals surface area contributed by atoms with E-state index in [4.69, 9.17) is 9.47 Å². The molecule has 2 aromatic carbocycles. The number of hydrogen-bond acceptors (Lipinski definition) is 7. The van der Waals surface area contributed by atoms with E-state index < -0.39 is 17.1 Å². The highest BCUT2D eigenvalue weighted by molar-refractivity contribution is 8.18. The summed E-state index contributed by atoms with van der Waals surface area (Å²) in [6, 6.07) is 10.9. The van der Waals surface area contributed by atoms with Crippen LogP contribution in [0, 0.1) is 0 Å². The number of hydrogen-bond donors (Lipinski definition) is 1. The number of benzene rings is 2. The summed E-state index contributed by atoms with van der Waals surface area (Å²) in [4.78, 5) is 41.9. The lowest BCUT2D eigenvalue weighted by Gasteiger charge is -2.47. The van der Waals surface area contributed by atoms with E-state index in [-0.39, 0.29) is 17.0 Å². The molecule has 2 heterocycles. The van der Waals surface area contributed by atoms with Crippen LogP contribution in [0.5, 0.6) is 11.5 Å². The number of methoxy groups -OCH3 is 2. The first kappa shape index (κ1) is 26.6. The first-order valence-electron chi connectivity index (χ1n) is 12.3. The Labute approximate surface area is 222 Å². The quantitative estimate of drug-likeness (QED) is 0.480. The van der Waals surface area contributed by atoms with Crippen molar-refractivity contribution in [3.63, 3.8) is 0 Å². The van der Waals surface area contributed by atoms with Gasteiger partial charge in [-0.05, 0) is 86.8 Å². The van der Waals surface area contributed by atoms with Crippen molar-refractivity contribution in [1.82, 2.24) is 4.90 Å². The SMILES string of the molecule is CCN1c2cc(OC)c(/C=C3/SC(=O)N(CC(=O)Nc4ccc(OC)cc4)C3=O)cc2C(C)CC1(C)C. The predicted molar refractivity (Wildman–Crippen MR) is 147 cm³/mol. The molecule has 1 fully saturated rings. The highest BCUT2D eigenvalue weighted by Gasteiger charge is 2.38. The molecule has 0 bridgehead atoms. The zero-order valence-electron chi connectivity index (χ0n) is 22.1. The molecule has 2 aliphatic rings. The number of fused-ring (bicyclic) bond motifs is 1. The van der Waals surface area contributed by atoms with E-state index in [0.29, 0.717) is 23.1 Å². The zero-order chi connectivity index (χ0) is 26.9. The molecule has 0 radical (unpaired) electrons. The van der Waals surface area contributed by atoms with Gasteiger partial charge in [-0.2, -0.15) is 0 Å². The smallest absolute Gasteiger partial charge is 0.294 e. The molecule has 0 aliphatic carbocycles. The minimum absolute atomic E-state index is 0.0166. The summed E-state index contributed by atoms with van der Waals surface area (Å²) in [5.41, 5.74) is 3.61. The molecule has 1 unspecified atom stereocenters. The number of carbonyl (C=O) groups is 3. The molecular weight excluding hydrogens is 490 g/mol. The van der Waals surface area contributed by atoms with Crippen molar-refractivity contribution in [2.24, 2.45) is 0 Å². The van der Waals surface area contributed by atoms with E-state index in [1.165, 1.54) is 5.56 Å². The summed E-state index contributed by atoms with van der Waals surface area (Å²) in [6.45, 7) is 9.34. The Hall–Kier alpha value is -3.46. The highest BCUT2D eigenvalue weighted by Crippen LogP contribution is 2.46. The number of ether oxygens (including phenoxy) is 2. The maximum absolute atomic E-state index is 13.1. The van der Waals surface area contributed by atoms with E-state index in [2.05, 4.69) is 44.0 Å². The van der Waals surface area contributed by atoms with Crippen LogP contribution in [0.1, 0.15) is 51.2 Å². The highest BCUT2D eigenvalue weighted by atomic mass is 32.2. The number of thioether (sulfide) groups is 1. The molecule has 3 amide bonds. The Morgan fingerprint density at radius 1 is 1.16 bits per heavy atom. The minimum atomic E-state index is -0.496. The van der Waals surface area contributed by atoms with Gasteiger partial charge >= 0.3 is 0 Å². The standard InChI is InChI=1S/C28H33N3O5S/c1-7-31-22-14-23(36-6)18(12-21(22)17(2)15-28(31,3)4)13-24-26(33)30(27(34)37-24)16-25(32)29-19-8-10-20(35-5)11-9-19/h8-14,17H,7,15-16H2,1-6H3,(H,29,32)/b24-13+. The third-order valence-electron chi connectivity index (χ3n) is 6.89. The molecule has 4 rings (SSSR count). The van der Waals surface area contributed by atoms with Crippen molar-refractivity contribution in [2.45, 2.75) is 45.6 Å². The molecule has 0 saturated carbocycles. The van der Waals surface area contributed by atoms with E-state index in [1.807, 2.05) is 6.07 Å². The van der Waals surface area contributed by atoms with Crippen molar-refractivity contribution in [1.29, 1.82) is 0 Å². The van der Waals surface area contributed by atoms with Crippen LogP contribution in [0.2, 0.25) is 0 Å². The average molecular weight is 524 g/mol. The van der Waals surface area contributed by atoms with Gasteiger partial charge in [0.1, 0.15) is 18.0 Å². The third-order valence-corrected chi connectivity index (χ3v) is 7.80. The molecule has 2 aromatic rings. The number of nitrogens with zero attached hydrogens (tertiary/aromatic N) is 2. The number of rotatable bonds is 7. The molecular formula is C28H33N3O5S. The largest absolute Gasteiger partial charge is 0.497 e. The van der Waals surface area contributed by atoms with E-state index >= 15 is 0 Å². The summed E-state index contributed by atoms with van der Waals surface area (Å²) in [5.74, 6) is 0.654. The molecule has 1 atom stereocenters. The van der Waals surface area contributed by atoms with Crippen molar-refractivity contribution in [2.75, 3.05) is 37.5 Å². The fourth-order valence-corrected chi connectivity index (χ4v) is 6.04. The van der Waals surface area contributed by atoms with Gasteiger partial charge in [0.2, 0.25) is 5.91 Å². The fraction of sp³-hybridized carbons (Fsp3) is 0.393. The van der Waals surface area contributed by atoms with E-state index in [1.54, 1.807) is 44.6 Å². The molecule has 2 aliphatic heterocycles. The number of anilines is 2. The number of imide groups is 1. The molecule has 1 saturated heterocycles. The van der Waals surface area contributed by atoms with Crippen molar-refractivity contribution >= 4 is 46.3 Å². The molecule has 37 heavy (non-hydrogen) atoms. The van der Waals surface area contributed by atoms with Crippen LogP contribution in [0.25, 0.3) is 6.08 Å². The van der Waals surface area contributed by atoms with Gasteiger partial charge < -0.3 is 19.7 Å². The maximum atomic E-state index is 13.1. The second-order valence-corrected chi connectivity index (χ2v) is 10.9. The first-order valence-corrected chi connectivity index (χ1v) is 13.1. The van der Waals surface area contributed by atoms with Crippen molar-refractivity contribution < 1.29 is 23.9 Å². The van der Waals surface area contributed by atoms with Gasteiger partial charge in [0.15, 0.2) is 0 Å². The van der Waals surface area contributed by atoms with Gasteiger partial charge in [-0.25, -0.2) is 0 Å². The van der Waals surface area contributed by atoms with Crippen LogP contribution in [-0.2, 0) is 9.59 Å². The predicted octanol–water partition coefficient (Wildman–Crippen LogP) is 5.49. The topological polar surface area (TPSA) is 88.2 Å². The van der Waals surface area contributed by atoms with Crippen molar-refractivity contribution in [3.05, 3.63) is 52.4 Å². The zero-order valence-corrected chi connectivity index (χ0v) is 22.9. The average Bonchev–Trinajstić information content (AvgIpc) is 3.11. The van der Waals surface area contributed by atoms with Gasteiger partial charge in [-0.1, -0.05) is 6.92 Å². The molecule has 9 heteroatoms. The molecule has 1 N–H and O–H groups in total. The second-order valence-electron chi connectivity index (χ2n) is 9.86. The monoisotopic (exact) mass is 523 g/mol. The first-order chi connectivity index (χ1) is 17.6. The fourth-order valence-electron chi connectivity index (χ4n) is 5.21. The minimum Gasteiger partial charge on any atom is -0.497 e. The third kappa shape index (κ3) is 5.32. The number of amides is 3. The molecule has 196 valence electrons. The second kappa shape index (κ2) is 10.5. The van der Waals surface area contributed by atoms with Crippen molar-refractivity contribution in [3.8, 4) is 11.5 Å². The van der Waals surface area contributed by atoms with Gasteiger partial charge in [0.25, 0.3) is 11.1 Å². The Bertz CT molecular complexity index is 1260. The van der Waals surface area contributed by atoms with Gasteiger partial charge in [-0.15, -0.1) is 0 Å².